The minimum atomic E-state index is 0.197. The number of hydrogen-bond donors (Lipinski definition) is 2. The molecule has 1 aromatic carbocycles. The fourth-order valence-electron chi connectivity index (χ4n) is 1.24. The summed E-state index contributed by atoms with van der Waals surface area (Å²) in [4.78, 5) is 0. The zero-order valence-electron chi connectivity index (χ0n) is 8.63. The molecule has 0 bridgehead atoms. The summed E-state index contributed by atoms with van der Waals surface area (Å²) < 4.78 is 0. The second-order valence-electron chi connectivity index (χ2n) is 3.53. The summed E-state index contributed by atoms with van der Waals surface area (Å²) in [6.45, 7) is 2.92. The van der Waals surface area contributed by atoms with Gasteiger partial charge >= 0.3 is 0 Å². The molecule has 0 unspecified atom stereocenters. The minimum Gasteiger partial charge on any atom is -0.396 e. The number of hydrogen-bond acceptors (Lipinski definition) is 2. The summed E-state index contributed by atoms with van der Waals surface area (Å²) in [5, 5.41) is 13.3. The first kappa shape index (κ1) is 12.8. The first-order valence-electron chi connectivity index (χ1n) is 4.91. The van der Waals surface area contributed by atoms with Crippen LogP contribution in [0.4, 0.5) is 0 Å². The van der Waals surface area contributed by atoms with Crippen molar-refractivity contribution < 1.29 is 5.11 Å². The van der Waals surface area contributed by atoms with Crippen LogP contribution in [0, 0.1) is 0 Å². The molecule has 0 aliphatic carbocycles. The predicted octanol–water partition coefficient (Wildman–Crippen LogP) is 2.85. The Morgan fingerprint density at radius 2 is 2.13 bits per heavy atom. The monoisotopic (exact) mass is 247 g/mol. The third-order valence-electron chi connectivity index (χ3n) is 2.22. The lowest BCUT2D eigenvalue weighted by Crippen LogP contribution is -2.26. The quantitative estimate of drug-likeness (QED) is 0.839. The van der Waals surface area contributed by atoms with Crippen LogP contribution in [0.2, 0.25) is 10.0 Å². The molecule has 0 aliphatic rings. The normalized spacial score (nSPS) is 12.8. The summed E-state index contributed by atoms with van der Waals surface area (Å²) in [6, 6.07) is 5.74. The van der Waals surface area contributed by atoms with E-state index in [2.05, 4.69) is 5.32 Å². The largest absolute Gasteiger partial charge is 0.396 e. The molecule has 0 amide bonds. The van der Waals surface area contributed by atoms with Gasteiger partial charge in [0.05, 0.1) is 0 Å². The molecule has 0 saturated carbocycles. The van der Waals surface area contributed by atoms with Gasteiger partial charge in [-0.2, -0.15) is 0 Å². The van der Waals surface area contributed by atoms with Gasteiger partial charge in [-0.25, -0.2) is 0 Å². The lowest BCUT2D eigenvalue weighted by Gasteiger charge is -2.13. The van der Waals surface area contributed by atoms with Crippen molar-refractivity contribution in [1.82, 2.24) is 5.32 Å². The van der Waals surface area contributed by atoms with Crippen molar-refractivity contribution in [2.45, 2.75) is 25.9 Å². The topological polar surface area (TPSA) is 32.3 Å². The number of aliphatic hydroxyl groups excluding tert-OH is 1. The van der Waals surface area contributed by atoms with Crippen molar-refractivity contribution in [3.05, 3.63) is 33.8 Å². The Hall–Kier alpha value is -0.280. The van der Waals surface area contributed by atoms with Crippen LogP contribution in [-0.4, -0.2) is 17.8 Å². The fraction of sp³-hybridized carbons (Fsp3) is 0.455. The van der Waals surface area contributed by atoms with Crippen LogP contribution in [0.15, 0.2) is 18.2 Å². The van der Waals surface area contributed by atoms with E-state index in [1.54, 1.807) is 6.07 Å². The zero-order valence-corrected chi connectivity index (χ0v) is 10.1. The number of benzene rings is 1. The molecular formula is C11H15Cl2NO. The molecule has 2 N–H and O–H groups in total. The molecule has 1 rings (SSSR count). The van der Waals surface area contributed by atoms with Gasteiger partial charge in [0, 0.05) is 29.2 Å². The molecule has 0 aliphatic heterocycles. The molecule has 0 fully saturated rings. The van der Waals surface area contributed by atoms with E-state index in [4.69, 9.17) is 28.3 Å². The van der Waals surface area contributed by atoms with Crippen LogP contribution >= 0.6 is 23.2 Å². The van der Waals surface area contributed by atoms with Crippen LogP contribution in [-0.2, 0) is 6.54 Å². The molecule has 0 radical (unpaired) electrons. The molecule has 0 heterocycles. The van der Waals surface area contributed by atoms with E-state index in [0.29, 0.717) is 16.6 Å². The number of nitrogens with one attached hydrogen (secondary N) is 1. The van der Waals surface area contributed by atoms with Gasteiger partial charge in [-0.1, -0.05) is 29.3 Å². The number of aliphatic hydroxyl groups is 1. The average molecular weight is 248 g/mol. The summed E-state index contributed by atoms with van der Waals surface area (Å²) in [5.41, 5.74) is 1.02. The maximum Gasteiger partial charge on any atom is 0.0465 e. The van der Waals surface area contributed by atoms with E-state index in [1.807, 2.05) is 19.1 Å². The molecule has 1 atom stereocenters. The van der Waals surface area contributed by atoms with E-state index >= 15 is 0 Å². The van der Waals surface area contributed by atoms with Crippen molar-refractivity contribution in [2.75, 3.05) is 6.61 Å². The van der Waals surface area contributed by atoms with Gasteiger partial charge in [-0.05, 0) is 31.0 Å². The Bertz CT molecular complexity index is 317. The van der Waals surface area contributed by atoms with Crippen LogP contribution in [0.5, 0.6) is 0 Å². The van der Waals surface area contributed by atoms with E-state index in [-0.39, 0.29) is 12.6 Å². The second kappa shape index (κ2) is 6.33. The molecule has 84 valence electrons. The number of halogens is 2. The van der Waals surface area contributed by atoms with E-state index in [0.717, 1.165) is 12.0 Å². The van der Waals surface area contributed by atoms with Gasteiger partial charge in [0.25, 0.3) is 0 Å². The summed E-state index contributed by atoms with van der Waals surface area (Å²) in [5.74, 6) is 0. The van der Waals surface area contributed by atoms with Crippen molar-refractivity contribution in [3.8, 4) is 0 Å². The van der Waals surface area contributed by atoms with Gasteiger partial charge in [-0.3, -0.25) is 0 Å². The lowest BCUT2D eigenvalue weighted by atomic mass is 10.2. The smallest absolute Gasteiger partial charge is 0.0465 e. The maximum absolute atomic E-state index is 8.74. The Morgan fingerprint density at radius 3 is 2.73 bits per heavy atom. The highest BCUT2D eigenvalue weighted by atomic mass is 35.5. The molecular weight excluding hydrogens is 233 g/mol. The highest BCUT2D eigenvalue weighted by Gasteiger charge is 2.04. The van der Waals surface area contributed by atoms with E-state index < -0.39 is 0 Å². The summed E-state index contributed by atoms with van der Waals surface area (Å²) >= 11 is 11.8. The highest BCUT2D eigenvalue weighted by Crippen LogP contribution is 2.20. The Kier molecular flexibility index (Phi) is 5.40. The van der Waals surface area contributed by atoms with Crippen LogP contribution in [0.25, 0.3) is 0 Å². The van der Waals surface area contributed by atoms with Crippen LogP contribution in [0.3, 0.4) is 0 Å². The predicted molar refractivity (Wildman–Crippen MR) is 64.5 cm³/mol. The highest BCUT2D eigenvalue weighted by molar-refractivity contribution is 6.35. The van der Waals surface area contributed by atoms with Crippen LogP contribution in [0.1, 0.15) is 18.9 Å². The Balaban J connectivity index is 2.50. The molecule has 15 heavy (non-hydrogen) atoms. The molecule has 4 heteroatoms. The molecule has 0 saturated heterocycles. The van der Waals surface area contributed by atoms with Gasteiger partial charge < -0.3 is 10.4 Å². The first-order chi connectivity index (χ1) is 7.13. The zero-order chi connectivity index (χ0) is 11.3. The average Bonchev–Trinajstić information content (AvgIpc) is 2.17. The van der Waals surface area contributed by atoms with Gasteiger partial charge in [0.15, 0.2) is 0 Å². The molecule has 0 spiro atoms. The third-order valence-corrected chi connectivity index (χ3v) is 2.81. The summed E-state index contributed by atoms with van der Waals surface area (Å²) in [6.07, 6.45) is 0.741. The minimum absolute atomic E-state index is 0.197. The van der Waals surface area contributed by atoms with E-state index in [9.17, 15) is 0 Å². The fourth-order valence-corrected chi connectivity index (χ4v) is 1.72. The second-order valence-corrected chi connectivity index (χ2v) is 4.37. The Morgan fingerprint density at radius 1 is 1.40 bits per heavy atom. The van der Waals surface area contributed by atoms with Gasteiger partial charge in [0.2, 0.25) is 0 Å². The number of rotatable bonds is 5. The Labute approximate surface area is 100 Å². The summed E-state index contributed by atoms with van der Waals surface area (Å²) in [7, 11) is 0. The third kappa shape index (κ3) is 4.39. The molecule has 2 nitrogen and oxygen atoms in total. The van der Waals surface area contributed by atoms with Crippen molar-refractivity contribution in [3.63, 3.8) is 0 Å². The van der Waals surface area contributed by atoms with Gasteiger partial charge in [0.1, 0.15) is 0 Å². The van der Waals surface area contributed by atoms with Crippen LogP contribution < -0.4 is 5.32 Å². The van der Waals surface area contributed by atoms with Crippen molar-refractivity contribution >= 4 is 23.2 Å². The standard InChI is InChI=1S/C11H15Cl2NO/c1-8(4-5-15)14-7-9-2-3-10(12)6-11(9)13/h2-3,6,8,14-15H,4-5,7H2,1H3/t8-/m1/s1. The molecule has 1 aromatic rings. The SMILES string of the molecule is C[C@H](CCO)NCc1ccc(Cl)cc1Cl. The van der Waals surface area contributed by atoms with Crippen molar-refractivity contribution in [1.29, 1.82) is 0 Å². The first-order valence-corrected chi connectivity index (χ1v) is 5.67. The maximum atomic E-state index is 8.74. The van der Waals surface area contributed by atoms with Gasteiger partial charge in [-0.15, -0.1) is 0 Å². The lowest BCUT2D eigenvalue weighted by molar-refractivity contribution is 0.268. The van der Waals surface area contributed by atoms with Crippen molar-refractivity contribution in [2.24, 2.45) is 0 Å². The van der Waals surface area contributed by atoms with E-state index in [1.165, 1.54) is 0 Å². The molecule has 0 aromatic heterocycles.